The number of hydrogen-bond acceptors (Lipinski definition) is 4. The molecule has 3 aromatic rings. The fourth-order valence-corrected chi connectivity index (χ4v) is 3.81. The van der Waals surface area contributed by atoms with Gasteiger partial charge in [0.15, 0.2) is 0 Å². The topological polar surface area (TPSA) is 80.0 Å². The fraction of sp³-hybridized carbons (Fsp3) is 0.350. The van der Waals surface area contributed by atoms with E-state index in [2.05, 4.69) is 10.3 Å². The molecule has 1 aliphatic rings. The molecule has 1 aromatic carbocycles. The van der Waals surface area contributed by atoms with Crippen molar-refractivity contribution in [3.8, 4) is 0 Å². The molecule has 1 aliphatic carbocycles. The first-order chi connectivity index (χ1) is 13.1. The largest absolute Gasteiger partial charge is 0.396 e. The monoisotopic (exact) mass is 384 g/mol. The van der Waals surface area contributed by atoms with E-state index in [0.29, 0.717) is 28.2 Å². The van der Waals surface area contributed by atoms with Crippen LogP contribution in [-0.2, 0) is 0 Å². The second-order valence-corrected chi connectivity index (χ2v) is 7.52. The summed E-state index contributed by atoms with van der Waals surface area (Å²) in [4.78, 5) is 16.3. The number of amides is 1. The third kappa shape index (κ3) is 3.96. The zero-order valence-electron chi connectivity index (χ0n) is 14.8. The van der Waals surface area contributed by atoms with Crippen molar-refractivity contribution in [1.82, 2.24) is 14.8 Å². The summed E-state index contributed by atoms with van der Waals surface area (Å²) in [6.07, 6.45) is 9.15. The van der Waals surface area contributed by atoms with Crippen molar-refractivity contribution in [3.63, 3.8) is 0 Å². The number of halogens is 1. The number of aliphatic hydroxyl groups is 1. The van der Waals surface area contributed by atoms with Crippen molar-refractivity contribution in [1.29, 1.82) is 0 Å². The van der Waals surface area contributed by atoms with Crippen LogP contribution in [-0.4, -0.2) is 32.4 Å². The standard InChI is InChI=1S/C20H21ClN4O2/c21-16-7-14(9-22-10-16)20(27)23-17-3-6-19-15(8-17)11-25(24-19)18-4-1-13(12-26)2-5-18/h3,6-11,13,18,26H,1-2,4-5,12H2,(H,23,27)/t13-,18-. The number of hydrogen-bond donors (Lipinski definition) is 2. The maximum absolute atomic E-state index is 12.4. The molecule has 140 valence electrons. The SMILES string of the molecule is O=C(Nc1ccc2nn([C@H]3CC[C@H](CO)CC3)cc2c1)c1cncc(Cl)c1. The Labute approximate surface area is 162 Å². The number of nitrogens with zero attached hydrogens (tertiary/aromatic N) is 3. The van der Waals surface area contributed by atoms with Crippen LogP contribution in [0.2, 0.25) is 5.02 Å². The van der Waals surface area contributed by atoms with E-state index in [0.717, 1.165) is 36.6 Å². The number of anilines is 1. The average molecular weight is 385 g/mol. The number of pyridine rings is 1. The quantitative estimate of drug-likeness (QED) is 0.710. The molecule has 2 N–H and O–H groups in total. The molecule has 1 fully saturated rings. The van der Waals surface area contributed by atoms with E-state index < -0.39 is 0 Å². The Hall–Kier alpha value is -2.44. The van der Waals surface area contributed by atoms with Gasteiger partial charge < -0.3 is 10.4 Å². The Morgan fingerprint density at radius 1 is 1.22 bits per heavy atom. The number of nitrogens with one attached hydrogen (secondary N) is 1. The highest BCUT2D eigenvalue weighted by molar-refractivity contribution is 6.30. The molecule has 6 nitrogen and oxygen atoms in total. The van der Waals surface area contributed by atoms with Crippen LogP contribution in [0.4, 0.5) is 5.69 Å². The summed E-state index contributed by atoms with van der Waals surface area (Å²) in [5.41, 5.74) is 2.02. The number of carbonyl (C=O) groups excluding carboxylic acids is 1. The highest BCUT2D eigenvalue weighted by atomic mass is 35.5. The molecule has 2 aromatic heterocycles. The van der Waals surface area contributed by atoms with Gasteiger partial charge in [-0.2, -0.15) is 5.10 Å². The third-order valence-electron chi connectivity index (χ3n) is 5.20. The van der Waals surface area contributed by atoms with Crippen LogP contribution >= 0.6 is 11.6 Å². The van der Waals surface area contributed by atoms with E-state index in [9.17, 15) is 9.90 Å². The second-order valence-electron chi connectivity index (χ2n) is 7.09. The molecular formula is C20H21ClN4O2. The second kappa shape index (κ2) is 7.66. The summed E-state index contributed by atoms with van der Waals surface area (Å²) >= 11 is 5.90. The van der Waals surface area contributed by atoms with Crippen LogP contribution in [0.5, 0.6) is 0 Å². The first-order valence-corrected chi connectivity index (χ1v) is 9.52. The van der Waals surface area contributed by atoms with Crippen molar-refractivity contribution >= 4 is 34.1 Å². The van der Waals surface area contributed by atoms with E-state index in [1.807, 2.05) is 29.1 Å². The molecule has 0 aliphatic heterocycles. The highest BCUT2D eigenvalue weighted by Gasteiger charge is 2.22. The van der Waals surface area contributed by atoms with E-state index >= 15 is 0 Å². The van der Waals surface area contributed by atoms with Gasteiger partial charge in [-0.15, -0.1) is 0 Å². The molecule has 1 saturated carbocycles. The van der Waals surface area contributed by atoms with Gasteiger partial charge in [0.2, 0.25) is 0 Å². The maximum atomic E-state index is 12.4. The van der Waals surface area contributed by atoms with Crippen LogP contribution in [0.15, 0.2) is 42.9 Å². The predicted octanol–water partition coefficient (Wildman–Crippen LogP) is 4.06. The van der Waals surface area contributed by atoms with Crippen molar-refractivity contribution in [2.75, 3.05) is 11.9 Å². The van der Waals surface area contributed by atoms with Gasteiger partial charge in [-0.3, -0.25) is 14.5 Å². The average Bonchev–Trinajstić information content (AvgIpc) is 3.11. The molecule has 0 atom stereocenters. The number of benzene rings is 1. The highest BCUT2D eigenvalue weighted by Crippen LogP contribution is 2.32. The van der Waals surface area contributed by atoms with Crippen molar-refractivity contribution in [2.45, 2.75) is 31.7 Å². The smallest absolute Gasteiger partial charge is 0.257 e. The zero-order chi connectivity index (χ0) is 18.8. The molecule has 7 heteroatoms. The minimum absolute atomic E-state index is 0.251. The molecule has 0 bridgehead atoms. The summed E-state index contributed by atoms with van der Waals surface area (Å²) in [7, 11) is 0. The number of fused-ring (bicyclic) bond motifs is 1. The molecule has 0 radical (unpaired) electrons. The van der Waals surface area contributed by atoms with E-state index in [1.165, 1.54) is 12.4 Å². The third-order valence-corrected chi connectivity index (χ3v) is 5.40. The van der Waals surface area contributed by atoms with Crippen LogP contribution in [0.25, 0.3) is 10.9 Å². The zero-order valence-corrected chi connectivity index (χ0v) is 15.6. The minimum Gasteiger partial charge on any atom is -0.396 e. The molecule has 0 saturated heterocycles. The lowest BCUT2D eigenvalue weighted by molar-refractivity contribution is 0.102. The van der Waals surface area contributed by atoms with E-state index in [-0.39, 0.29) is 12.5 Å². The first kappa shape index (κ1) is 17.9. The van der Waals surface area contributed by atoms with Gasteiger partial charge in [-0.25, -0.2) is 0 Å². The summed E-state index contributed by atoms with van der Waals surface area (Å²) in [6, 6.07) is 7.64. The van der Waals surface area contributed by atoms with Gasteiger partial charge in [0.1, 0.15) is 0 Å². The summed E-state index contributed by atoms with van der Waals surface area (Å²) in [6.45, 7) is 0.277. The maximum Gasteiger partial charge on any atom is 0.257 e. The van der Waals surface area contributed by atoms with Crippen molar-refractivity contribution in [3.05, 3.63) is 53.4 Å². The lowest BCUT2D eigenvalue weighted by Crippen LogP contribution is -2.20. The molecular weight excluding hydrogens is 364 g/mol. The predicted molar refractivity (Wildman–Crippen MR) is 105 cm³/mol. The number of carbonyl (C=O) groups is 1. The molecule has 4 rings (SSSR count). The van der Waals surface area contributed by atoms with Crippen LogP contribution < -0.4 is 5.32 Å². The minimum atomic E-state index is -0.251. The number of rotatable bonds is 4. The van der Waals surface area contributed by atoms with Gasteiger partial charge >= 0.3 is 0 Å². The van der Waals surface area contributed by atoms with Crippen LogP contribution in [0.1, 0.15) is 42.1 Å². The molecule has 0 spiro atoms. The first-order valence-electron chi connectivity index (χ1n) is 9.14. The fourth-order valence-electron chi connectivity index (χ4n) is 3.64. The molecule has 27 heavy (non-hydrogen) atoms. The normalized spacial score (nSPS) is 19.9. The van der Waals surface area contributed by atoms with E-state index in [1.54, 1.807) is 6.07 Å². The van der Waals surface area contributed by atoms with Gasteiger partial charge in [0.05, 0.1) is 22.1 Å². The lowest BCUT2D eigenvalue weighted by Gasteiger charge is -2.27. The summed E-state index contributed by atoms with van der Waals surface area (Å²) < 4.78 is 2.03. The van der Waals surface area contributed by atoms with Gasteiger partial charge in [0.25, 0.3) is 5.91 Å². The Morgan fingerprint density at radius 2 is 2.04 bits per heavy atom. The Bertz CT molecular complexity index is 964. The van der Waals surface area contributed by atoms with Gasteiger partial charge in [0, 0.05) is 36.3 Å². The van der Waals surface area contributed by atoms with Crippen LogP contribution in [0.3, 0.4) is 0 Å². The van der Waals surface area contributed by atoms with E-state index in [4.69, 9.17) is 16.7 Å². The Morgan fingerprint density at radius 3 is 2.78 bits per heavy atom. The number of aliphatic hydroxyl groups excluding tert-OH is 1. The molecule has 1 amide bonds. The molecule has 0 unspecified atom stereocenters. The number of aromatic nitrogens is 3. The summed E-state index contributed by atoms with van der Waals surface area (Å²) in [5.74, 6) is 0.174. The lowest BCUT2D eigenvalue weighted by atomic mass is 9.87. The Balaban J connectivity index is 1.50. The summed E-state index contributed by atoms with van der Waals surface area (Å²) in [5, 5.41) is 18.3. The van der Waals surface area contributed by atoms with Gasteiger partial charge in [-0.1, -0.05) is 11.6 Å². The van der Waals surface area contributed by atoms with Crippen molar-refractivity contribution in [2.24, 2.45) is 5.92 Å². The van der Waals surface area contributed by atoms with Crippen molar-refractivity contribution < 1.29 is 9.90 Å². The molecule has 2 heterocycles. The van der Waals surface area contributed by atoms with Gasteiger partial charge in [-0.05, 0) is 55.9 Å². The Kier molecular flexibility index (Phi) is 5.09. The van der Waals surface area contributed by atoms with Crippen LogP contribution in [0, 0.1) is 5.92 Å².